The highest BCUT2D eigenvalue weighted by Gasteiger charge is 2.56. The Bertz CT molecular complexity index is 1620. The van der Waals surface area contributed by atoms with Crippen LogP contribution in [0, 0.1) is 5.92 Å². The highest BCUT2D eigenvalue weighted by molar-refractivity contribution is 9.10. The number of anilines is 2. The molecule has 3 heterocycles. The van der Waals surface area contributed by atoms with Gasteiger partial charge in [-0.25, -0.2) is 4.90 Å². The molecule has 1 aromatic heterocycles. The lowest BCUT2D eigenvalue weighted by atomic mass is 9.83. The summed E-state index contributed by atoms with van der Waals surface area (Å²) >= 11 is 5.76. The summed E-state index contributed by atoms with van der Waals surface area (Å²) in [5, 5.41) is 2.65. The number of imide groups is 1. The van der Waals surface area contributed by atoms with Crippen LogP contribution < -0.4 is 15.1 Å². The van der Waals surface area contributed by atoms with Gasteiger partial charge in [0.25, 0.3) is 0 Å². The van der Waals surface area contributed by atoms with E-state index in [1.807, 2.05) is 48.5 Å². The van der Waals surface area contributed by atoms with Crippen LogP contribution in [0.2, 0.25) is 0 Å². The molecule has 0 spiro atoms. The molecular weight excluding hydrogens is 586 g/mol. The Morgan fingerprint density at radius 2 is 1.61 bits per heavy atom. The molecule has 6 rings (SSSR count). The first-order valence-electron chi connectivity index (χ1n) is 11.9. The van der Waals surface area contributed by atoms with Crippen LogP contribution in [0.25, 0.3) is 0 Å². The number of halogens is 1. The van der Waals surface area contributed by atoms with E-state index in [2.05, 4.69) is 21.2 Å². The number of amides is 3. The molecule has 1 N–H and O–H groups in total. The van der Waals surface area contributed by atoms with Gasteiger partial charge in [0.2, 0.25) is 17.7 Å². The average Bonchev–Trinajstić information content (AvgIpc) is 3.35. The van der Waals surface area contributed by atoms with E-state index in [0.717, 1.165) is 21.4 Å². The van der Waals surface area contributed by atoms with E-state index < -0.39 is 17.1 Å². The monoisotopic (exact) mass is 605 g/mol. The summed E-state index contributed by atoms with van der Waals surface area (Å²) in [5.41, 5.74) is 1.98. The number of aromatic nitrogens is 1. The quantitative estimate of drug-likeness (QED) is 0.319. The summed E-state index contributed by atoms with van der Waals surface area (Å²) in [7, 11) is 0. The van der Waals surface area contributed by atoms with Crippen LogP contribution in [0.5, 0.6) is 0 Å². The molecule has 3 amide bonds. The number of fused-ring (bicyclic) bond motifs is 2. The third kappa shape index (κ3) is 4.32. The van der Waals surface area contributed by atoms with Crippen LogP contribution in [0.1, 0.15) is 16.4 Å². The summed E-state index contributed by atoms with van der Waals surface area (Å²) in [5.74, 6) is -2.14. The molecule has 1 fully saturated rings. The van der Waals surface area contributed by atoms with E-state index in [1.54, 1.807) is 36.4 Å². The topological polar surface area (TPSA) is 88.5 Å². The minimum absolute atomic E-state index is 0.195. The second-order valence-electron chi connectivity index (χ2n) is 8.98. The Hall–Kier alpha value is -3.47. The van der Waals surface area contributed by atoms with Gasteiger partial charge < -0.3 is 5.32 Å². The Balaban J connectivity index is 1.43. The number of nitrogens with one attached hydrogen (secondary N) is 1. The van der Waals surface area contributed by atoms with Crippen molar-refractivity contribution >= 4 is 68.1 Å². The van der Waals surface area contributed by atoms with Gasteiger partial charge >= 0.3 is 4.87 Å². The van der Waals surface area contributed by atoms with E-state index in [1.165, 1.54) is 21.2 Å². The van der Waals surface area contributed by atoms with E-state index in [4.69, 9.17) is 0 Å². The largest absolute Gasteiger partial charge is 0.325 e. The Kier molecular flexibility index (Phi) is 6.55. The molecule has 7 nitrogen and oxygen atoms in total. The molecule has 2 unspecified atom stereocenters. The third-order valence-electron chi connectivity index (χ3n) is 6.63. The van der Waals surface area contributed by atoms with Gasteiger partial charge in [0.15, 0.2) is 0 Å². The molecule has 3 aromatic carbocycles. The number of nitrogens with zero attached hydrogens (tertiary/aromatic N) is 2. The van der Waals surface area contributed by atoms with E-state index in [0.29, 0.717) is 21.3 Å². The number of hydrogen-bond acceptors (Lipinski definition) is 6. The molecule has 10 heteroatoms. The van der Waals surface area contributed by atoms with Crippen molar-refractivity contribution in [2.24, 2.45) is 5.92 Å². The average molecular weight is 607 g/mol. The van der Waals surface area contributed by atoms with Crippen molar-refractivity contribution < 1.29 is 14.4 Å². The van der Waals surface area contributed by atoms with Gasteiger partial charge in [0, 0.05) is 21.0 Å². The fourth-order valence-electron chi connectivity index (χ4n) is 5.01. The van der Waals surface area contributed by atoms with Crippen molar-refractivity contribution in [3.8, 4) is 0 Å². The number of thioether (sulfide) groups is 1. The van der Waals surface area contributed by atoms with Crippen molar-refractivity contribution in [2.45, 2.75) is 22.7 Å². The lowest BCUT2D eigenvalue weighted by Crippen LogP contribution is -2.33. The Morgan fingerprint density at radius 1 is 0.895 bits per heavy atom. The minimum atomic E-state index is -0.725. The minimum Gasteiger partial charge on any atom is -0.325 e. The fourth-order valence-corrected chi connectivity index (χ4v) is 8.20. The van der Waals surface area contributed by atoms with Crippen molar-refractivity contribution in [2.75, 3.05) is 10.2 Å². The molecule has 0 bridgehead atoms. The van der Waals surface area contributed by atoms with Crippen LogP contribution in [0.3, 0.4) is 0 Å². The summed E-state index contributed by atoms with van der Waals surface area (Å²) in [4.78, 5) is 55.3. The first-order valence-corrected chi connectivity index (χ1v) is 14.3. The number of benzene rings is 3. The van der Waals surface area contributed by atoms with E-state index >= 15 is 0 Å². The first kappa shape index (κ1) is 24.8. The van der Waals surface area contributed by atoms with Gasteiger partial charge in [-0.05, 0) is 42.0 Å². The van der Waals surface area contributed by atoms with Crippen molar-refractivity contribution in [3.63, 3.8) is 0 Å². The van der Waals surface area contributed by atoms with Gasteiger partial charge in [-0.1, -0.05) is 87.6 Å². The highest BCUT2D eigenvalue weighted by atomic mass is 79.9. The van der Waals surface area contributed by atoms with Crippen molar-refractivity contribution in [3.05, 3.63) is 110 Å². The van der Waals surface area contributed by atoms with Crippen molar-refractivity contribution in [1.29, 1.82) is 0 Å². The maximum atomic E-state index is 13.8. The van der Waals surface area contributed by atoms with E-state index in [9.17, 15) is 19.2 Å². The van der Waals surface area contributed by atoms with Gasteiger partial charge in [-0.15, -0.1) is 0 Å². The molecule has 3 atom stereocenters. The second-order valence-corrected chi connectivity index (χ2v) is 12.0. The van der Waals surface area contributed by atoms with Crippen LogP contribution in [0.15, 0.2) is 99.2 Å². The zero-order valence-corrected chi connectivity index (χ0v) is 23.0. The maximum absolute atomic E-state index is 13.8. The number of rotatable bonds is 5. The summed E-state index contributed by atoms with van der Waals surface area (Å²) < 4.78 is 2.25. The number of para-hydroxylation sites is 2. The molecule has 4 aromatic rings. The second kappa shape index (κ2) is 10.0. The van der Waals surface area contributed by atoms with Crippen molar-refractivity contribution in [1.82, 2.24) is 4.57 Å². The third-order valence-corrected chi connectivity index (χ3v) is 9.73. The predicted octanol–water partition coefficient (Wildman–Crippen LogP) is 5.11. The molecule has 38 heavy (non-hydrogen) atoms. The van der Waals surface area contributed by atoms with Gasteiger partial charge in [0.1, 0.15) is 11.8 Å². The van der Waals surface area contributed by atoms with Crippen LogP contribution in [0.4, 0.5) is 11.4 Å². The highest BCUT2D eigenvalue weighted by Crippen LogP contribution is 2.54. The standard InChI is InChI=1S/C28H20BrN3O4S2/c29-17-9-7-8-16(14-17)21-22-23(26(35)32(25(22)34)19-12-5-2-6-13-19)37-27-24(21)38-28(36)31(27)15-20(33)30-18-10-3-1-4-11-18/h1-14,21-23H,15H2,(H,30,33)/t21-,22?,23?/m1/s1. The van der Waals surface area contributed by atoms with Crippen LogP contribution in [-0.2, 0) is 20.9 Å². The molecule has 0 radical (unpaired) electrons. The Labute approximate surface area is 234 Å². The first-order chi connectivity index (χ1) is 18.4. The van der Waals surface area contributed by atoms with Gasteiger partial charge in [-0.2, -0.15) is 0 Å². The lowest BCUT2D eigenvalue weighted by molar-refractivity contribution is -0.122. The fraction of sp³-hybridized carbons (Fsp3) is 0.143. The molecule has 2 aliphatic rings. The maximum Gasteiger partial charge on any atom is 0.308 e. The SMILES string of the molecule is O=C(Cn1c2c(sc1=O)[C@H](c1cccc(Br)c1)C1C(=O)N(c3ccccc3)C(=O)C1S2)Nc1ccccc1. The van der Waals surface area contributed by atoms with Crippen LogP contribution in [-0.4, -0.2) is 27.5 Å². The zero-order valence-electron chi connectivity index (χ0n) is 19.7. The molecule has 1 saturated heterocycles. The summed E-state index contributed by atoms with van der Waals surface area (Å²) in [6, 6.07) is 25.5. The smallest absolute Gasteiger partial charge is 0.308 e. The summed E-state index contributed by atoms with van der Waals surface area (Å²) in [6.07, 6.45) is 0. The normalized spacial score (nSPS) is 20.2. The number of carbonyl (C=O) groups excluding carboxylic acids is 3. The number of hydrogen-bond donors (Lipinski definition) is 1. The summed E-state index contributed by atoms with van der Waals surface area (Å²) in [6.45, 7) is -0.195. The molecule has 0 saturated carbocycles. The van der Waals surface area contributed by atoms with Crippen LogP contribution >= 0.6 is 39.0 Å². The van der Waals surface area contributed by atoms with E-state index in [-0.39, 0.29) is 29.1 Å². The predicted molar refractivity (Wildman–Crippen MR) is 152 cm³/mol. The van der Waals surface area contributed by atoms with Gasteiger partial charge in [-0.3, -0.25) is 23.7 Å². The molecular formula is C28H20BrN3O4S2. The van der Waals surface area contributed by atoms with Gasteiger partial charge in [0.05, 0.1) is 16.6 Å². The number of carbonyl (C=O) groups is 3. The Morgan fingerprint density at radius 3 is 2.32 bits per heavy atom. The molecule has 0 aliphatic carbocycles. The zero-order chi connectivity index (χ0) is 26.4. The number of thiazole rings is 1. The molecule has 2 aliphatic heterocycles. The molecule has 190 valence electrons. The lowest BCUT2D eigenvalue weighted by Gasteiger charge is -2.30.